The van der Waals surface area contributed by atoms with E-state index in [4.69, 9.17) is 0 Å². The molecule has 0 bridgehead atoms. The van der Waals surface area contributed by atoms with Crippen LogP contribution in [0.5, 0.6) is 0 Å². The van der Waals surface area contributed by atoms with Crippen LogP contribution in [0.15, 0.2) is 0 Å². The van der Waals surface area contributed by atoms with E-state index in [0.29, 0.717) is 11.5 Å². The number of nitrogens with zero attached hydrogens (tertiary/aromatic N) is 1. The molecule has 60 valence electrons. The molecule has 0 saturated heterocycles. The van der Waals surface area contributed by atoms with Gasteiger partial charge in [-0.15, -0.1) is 9.60 Å². The lowest BCUT2D eigenvalue weighted by atomic mass is 10.1. The molecule has 0 N–H and O–H groups in total. The monoisotopic (exact) mass is 147 g/mol. The van der Waals surface area contributed by atoms with Crippen LogP contribution in [0.4, 0.5) is 4.48 Å². The van der Waals surface area contributed by atoms with E-state index >= 15 is 0 Å². The Morgan fingerprint density at radius 3 is 2.20 bits per heavy atom. The molecule has 3 heteroatoms. The molecule has 0 aliphatic heterocycles. The van der Waals surface area contributed by atoms with Crippen molar-refractivity contribution >= 4 is 5.78 Å². The summed E-state index contributed by atoms with van der Waals surface area (Å²) in [6.45, 7) is 5.18. The SMILES string of the molecule is CCC(C(C)=O)N(F)CC. The van der Waals surface area contributed by atoms with E-state index in [9.17, 15) is 9.28 Å². The normalized spacial score (nSPS) is 13.7. The van der Waals surface area contributed by atoms with E-state index in [1.54, 1.807) is 13.8 Å². The summed E-state index contributed by atoms with van der Waals surface area (Å²) in [5.74, 6) is -0.105. The summed E-state index contributed by atoms with van der Waals surface area (Å²) in [6, 6.07) is -0.537. The van der Waals surface area contributed by atoms with Gasteiger partial charge in [-0.1, -0.05) is 6.92 Å². The molecule has 2 nitrogen and oxygen atoms in total. The van der Waals surface area contributed by atoms with Gasteiger partial charge in [-0.2, -0.15) is 0 Å². The molecule has 10 heavy (non-hydrogen) atoms. The van der Waals surface area contributed by atoms with E-state index in [1.165, 1.54) is 6.92 Å². The third-order valence-electron chi connectivity index (χ3n) is 1.50. The fourth-order valence-corrected chi connectivity index (χ4v) is 0.903. The summed E-state index contributed by atoms with van der Waals surface area (Å²) < 4.78 is 12.7. The zero-order chi connectivity index (χ0) is 8.15. The van der Waals surface area contributed by atoms with Crippen molar-refractivity contribution in [3.63, 3.8) is 0 Å². The average molecular weight is 147 g/mol. The topological polar surface area (TPSA) is 20.3 Å². The molecular weight excluding hydrogens is 133 g/mol. The molecule has 0 fully saturated rings. The maximum Gasteiger partial charge on any atom is 0.149 e. The van der Waals surface area contributed by atoms with Crippen molar-refractivity contribution in [2.24, 2.45) is 0 Å². The zero-order valence-corrected chi connectivity index (χ0v) is 6.72. The molecule has 0 radical (unpaired) electrons. The number of likely N-dealkylation sites (N-methyl/N-ethyl adjacent to an activating group) is 1. The highest BCUT2D eigenvalue weighted by Gasteiger charge is 2.18. The van der Waals surface area contributed by atoms with Gasteiger partial charge in [0, 0.05) is 6.54 Å². The highest BCUT2D eigenvalue weighted by Crippen LogP contribution is 2.04. The Morgan fingerprint density at radius 1 is 1.60 bits per heavy atom. The van der Waals surface area contributed by atoms with Crippen LogP contribution >= 0.6 is 0 Å². The third kappa shape index (κ3) is 2.43. The van der Waals surface area contributed by atoms with E-state index in [2.05, 4.69) is 0 Å². The van der Waals surface area contributed by atoms with Gasteiger partial charge >= 0.3 is 0 Å². The summed E-state index contributed by atoms with van der Waals surface area (Å²) in [4.78, 5) is 10.7. The largest absolute Gasteiger partial charge is 0.298 e. The lowest BCUT2D eigenvalue weighted by Gasteiger charge is -2.17. The molecule has 0 aliphatic carbocycles. The van der Waals surface area contributed by atoms with Crippen molar-refractivity contribution < 1.29 is 9.28 Å². The Kier molecular flexibility index (Phi) is 4.19. The van der Waals surface area contributed by atoms with Crippen molar-refractivity contribution in [3.05, 3.63) is 0 Å². The highest BCUT2D eigenvalue weighted by atomic mass is 19.2. The van der Waals surface area contributed by atoms with Crippen LogP contribution in [-0.2, 0) is 4.79 Å². The molecule has 1 unspecified atom stereocenters. The van der Waals surface area contributed by atoms with Crippen LogP contribution in [0.1, 0.15) is 27.2 Å². The maximum atomic E-state index is 12.7. The van der Waals surface area contributed by atoms with Crippen LogP contribution in [0, 0.1) is 0 Å². The summed E-state index contributed by atoms with van der Waals surface area (Å²) in [5, 5.41) is 0.572. The minimum atomic E-state index is -0.537. The number of carbonyl (C=O) groups excluding carboxylic acids is 1. The Balaban J connectivity index is 3.92. The van der Waals surface area contributed by atoms with Crippen LogP contribution in [0.2, 0.25) is 0 Å². The second-order valence-electron chi connectivity index (χ2n) is 2.25. The Bertz CT molecular complexity index is 116. The van der Waals surface area contributed by atoms with Crippen molar-refractivity contribution in [3.8, 4) is 0 Å². The Morgan fingerprint density at radius 2 is 2.10 bits per heavy atom. The van der Waals surface area contributed by atoms with E-state index in [1.807, 2.05) is 0 Å². The first-order chi connectivity index (χ1) is 4.63. The maximum absolute atomic E-state index is 12.7. The summed E-state index contributed by atoms with van der Waals surface area (Å²) in [6.07, 6.45) is 0.541. The first-order valence-corrected chi connectivity index (χ1v) is 3.56. The van der Waals surface area contributed by atoms with Gasteiger partial charge in [0.1, 0.15) is 5.78 Å². The molecule has 0 aromatic rings. The molecular formula is C7H14FNO. The molecule has 0 spiro atoms. The second-order valence-corrected chi connectivity index (χ2v) is 2.25. The molecule has 1 atom stereocenters. The number of hydrogen-bond acceptors (Lipinski definition) is 2. The lowest BCUT2D eigenvalue weighted by molar-refractivity contribution is -0.129. The number of Topliss-reactive ketones (excluding diaryl/α,β-unsaturated/α-hetero) is 1. The third-order valence-corrected chi connectivity index (χ3v) is 1.50. The summed E-state index contributed by atoms with van der Waals surface area (Å²) >= 11 is 0. The predicted molar refractivity (Wildman–Crippen MR) is 38.2 cm³/mol. The summed E-state index contributed by atoms with van der Waals surface area (Å²) in [5.41, 5.74) is 0. The highest BCUT2D eigenvalue weighted by molar-refractivity contribution is 5.81. The van der Waals surface area contributed by atoms with Gasteiger partial charge < -0.3 is 0 Å². The Labute approximate surface area is 61.0 Å². The lowest BCUT2D eigenvalue weighted by Crippen LogP contribution is -2.33. The van der Waals surface area contributed by atoms with Gasteiger partial charge in [0.15, 0.2) is 0 Å². The Hall–Kier alpha value is -0.440. The van der Waals surface area contributed by atoms with Gasteiger partial charge in [-0.25, -0.2) is 0 Å². The van der Waals surface area contributed by atoms with Gasteiger partial charge in [-0.05, 0) is 20.3 Å². The van der Waals surface area contributed by atoms with E-state index in [0.717, 1.165) is 0 Å². The first kappa shape index (κ1) is 9.56. The fraction of sp³-hybridized carbons (Fsp3) is 0.857. The molecule has 0 aromatic heterocycles. The van der Waals surface area contributed by atoms with Gasteiger partial charge in [0.2, 0.25) is 0 Å². The minimum Gasteiger partial charge on any atom is -0.298 e. The number of rotatable bonds is 4. The van der Waals surface area contributed by atoms with E-state index < -0.39 is 6.04 Å². The minimum absolute atomic E-state index is 0.105. The number of halogens is 1. The van der Waals surface area contributed by atoms with Crippen molar-refractivity contribution in [2.45, 2.75) is 33.2 Å². The van der Waals surface area contributed by atoms with Crippen molar-refractivity contribution in [2.75, 3.05) is 6.54 Å². The number of carbonyl (C=O) groups is 1. The van der Waals surface area contributed by atoms with Gasteiger partial charge in [-0.3, -0.25) is 4.79 Å². The van der Waals surface area contributed by atoms with Gasteiger partial charge in [0.05, 0.1) is 6.04 Å². The van der Waals surface area contributed by atoms with Crippen molar-refractivity contribution in [1.29, 1.82) is 0 Å². The second kappa shape index (κ2) is 4.39. The molecule has 0 aromatic carbocycles. The molecule has 0 rings (SSSR count). The fourth-order valence-electron chi connectivity index (χ4n) is 0.903. The molecule has 0 heterocycles. The quantitative estimate of drug-likeness (QED) is 0.562. The van der Waals surface area contributed by atoms with Crippen LogP contribution in [0.3, 0.4) is 0 Å². The number of ketones is 1. The van der Waals surface area contributed by atoms with Crippen molar-refractivity contribution in [1.82, 2.24) is 5.12 Å². The van der Waals surface area contributed by atoms with Crippen LogP contribution < -0.4 is 0 Å². The molecule has 0 saturated carbocycles. The molecule has 0 amide bonds. The van der Waals surface area contributed by atoms with E-state index in [-0.39, 0.29) is 12.3 Å². The number of hydrogen-bond donors (Lipinski definition) is 0. The summed E-state index contributed by atoms with van der Waals surface area (Å²) in [7, 11) is 0. The predicted octanol–water partition coefficient (Wildman–Crippen LogP) is 1.56. The van der Waals surface area contributed by atoms with Crippen LogP contribution in [0.25, 0.3) is 0 Å². The smallest absolute Gasteiger partial charge is 0.149 e. The standard InChI is InChI=1S/C7H14FNO/c1-4-7(6(3)10)9(8)5-2/h7H,4-5H2,1-3H3. The van der Waals surface area contributed by atoms with Gasteiger partial charge in [0.25, 0.3) is 0 Å². The average Bonchev–Trinajstić information content (AvgIpc) is 1.88. The van der Waals surface area contributed by atoms with Crippen LogP contribution in [-0.4, -0.2) is 23.5 Å². The zero-order valence-electron chi connectivity index (χ0n) is 6.72. The first-order valence-electron chi connectivity index (χ1n) is 3.56. The molecule has 0 aliphatic rings.